The van der Waals surface area contributed by atoms with E-state index >= 15 is 0 Å². The molecule has 0 unspecified atom stereocenters. The molecule has 7 nitrogen and oxygen atoms in total. The molecule has 124 valence electrons. The fraction of sp³-hybridized carbons (Fsp3) is 0.312. The van der Waals surface area contributed by atoms with Crippen LogP contribution in [0.25, 0.3) is 0 Å². The third-order valence-corrected chi connectivity index (χ3v) is 4.64. The van der Waals surface area contributed by atoms with E-state index in [-0.39, 0.29) is 18.1 Å². The normalized spacial score (nSPS) is 16.8. The quantitative estimate of drug-likeness (QED) is 0.900. The number of benzene rings is 1. The number of amides is 1. The Kier molecular flexibility index (Phi) is 4.66. The number of carbonyl (C=O) groups excluding carboxylic acids is 2. The summed E-state index contributed by atoms with van der Waals surface area (Å²) in [5.74, 6) is -0.381. The van der Waals surface area contributed by atoms with Gasteiger partial charge in [-0.25, -0.2) is 0 Å². The molecule has 2 aromatic rings. The van der Waals surface area contributed by atoms with E-state index in [1.165, 1.54) is 18.3 Å². The van der Waals surface area contributed by atoms with E-state index in [0.717, 1.165) is 17.1 Å². The first-order valence-corrected chi connectivity index (χ1v) is 8.46. The highest BCUT2D eigenvalue weighted by atomic mass is 32.1. The first-order chi connectivity index (χ1) is 11.6. The SMILES string of the molecule is CCc1nnc(NC(=O)C2=NN(c3ccccc3)[C@@H](C(C)=O)C2)s1. The molecule has 1 aliphatic rings. The number of hydrogen-bond acceptors (Lipinski definition) is 7. The largest absolute Gasteiger partial charge is 0.298 e. The van der Waals surface area contributed by atoms with Gasteiger partial charge in [0.1, 0.15) is 16.8 Å². The highest BCUT2D eigenvalue weighted by molar-refractivity contribution is 7.15. The van der Waals surface area contributed by atoms with Gasteiger partial charge in [0.2, 0.25) is 5.13 Å². The van der Waals surface area contributed by atoms with Gasteiger partial charge in [-0.3, -0.25) is 19.9 Å². The fourth-order valence-corrected chi connectivity index (χ4v) is 3.07. The fourth-order valence-electron chi connectivity index (χ4n) is 2.40. The smallest absolute Gasteiger partial charge is 0.273 e. The lowest BCUT2D eigenvalue weighted by Gasteiger charge is -2.20. The zero-order chi connectivity index (χ0) is 17.1. The molecule has 0 saturated heterocycles. The van der Waals surface area contributed by atoms with Crippen LogP contribution in [-0.2, 0) is 16.0 Å². The predicted octanol–water partition coefficient (Wildman–Crippen LogP) is 2.26. The van der Waals surface area contributed by atoms with Crippen LogP contribution in [0.1, 0.15) is 25.3 Å². The van der Waals surface area contributed by atoms with Gasteiger partial charge in [-0.1, -0.05) is 36.5 Å². The molecule has 1 atom stereocenters. The number of nitrogens with one attached hydrogen (secondary N) is 1. The van der Waals surface area contributed by atoms with Crippen LogP contribution in [0.15, 0.2) is 35.4 Å². The van der Waals surface area contributed by atoms with Gasteiger partial charge in [0.05, 0.1) is 5.69 Å². The van der Waals surface area contributed by atoms with E-state index in [4.69, 9.17) is 0 Å². The van der Waals surface area contributed by atoms with Crippen molar-refractivity contribution in [1.29, 1.82) is 0 Å². The molecular formula is C16H17N5O2S. The van der Waals surface area contributed by atoms with Crippen molar-refractivity contribution < 1.29 is 9.59 Å². The second-order valence-electron chi connectivity index (χ2n) is 5.37. The van der Waals surface area contributed by atoms with Crippen LogP contribution in [0.2, 0.25) is 0 Å². The summed E-state index contributed by atoms with van der Waals surface area (Å²) in [6.45, 7) is 3.48. The minimum atomic E-state index is -0.464. The Balaban J connectivity index is 1.79. The molecule has 2 heterocycles. The number of aromatic nitrogens is 2. The average molecular weight is 343 g/mol. The van der Waals surface area contributed by atoms with E-state index in [0.29, 0.717) is 10.8 Å². The maximum absolute atomic E-state index is 12.4. The zero-order valence-corrected chi connectivity index (χ0v) is 14.2. The van der Waals surface area contributed by atoms with E-state index in [9.17, 15) is 9.59 Å². The molecule has 0 spiro atoms. The Morgan fingerprint density at radius 3 is 2.67 bits per heavy atom. The second-order valence-corrected chi connectivity index (χ2v) is 6.43. The van der Waals surface area contributed by atoms with Gasteiger partial charge in [0, 0.05) is 6.42 Å². The third-order valence-electron chi connectivity index (χ3n) is 3.65. The highest BCUT2D eigenvalue weighted by Crippen LogP contribution is 2.25. The first-order valence-electron chi connectivity index (χ1n) is 7.64. The van der Waals surface area contributed by atoms with Gasteiger partial charge >= 0.3 is 0 Å². The van der Waals surface area contributed by atoms with Crippen LogP contribution in [0.4, 0.5) is 10.8 Å². The Labute approximate surface area is 143 Å². The monoisotopic (exact) mass is 343 g/mol. The second kappa shape index (κ2) is 6.88. The van der Waals surface area contributed by atoms with Gasteiger partial charge < -0.3 is 0 Å². The summed E-state index contributed by atoms with van der Waals surface area (Å²) < 4.78 is 0. The average Bonchev–Trinajstić information content (AvgIpc) is 3.22. The number of nitrogens with zero attached hydrogens (tertiary/aromatic N) is 4. The van der Waals surface area contributed by atoms with Gasteiger partial charge in [0.25, 0.3) is 5.91 Å². The van der Waals surface area contributed by atoms with Crippen LogP contribution in [0.5, 0.6) is 0 Å². The minimum absolute atomic E-state index is 0.0328. The lowest BCUT2D eigenvalue weighted by atomic mass is 10.1. The van der Waals surface area contributed by atoms with Crippen LogP contribution in [0, 0.1) is 0 Å². The molecule has 1 amide bonds. The molecule has 24 heavy (non-hydrogen) atoms. The lowest BCUT2D eigenvalue weighted by Crippen LogP contribution is -2.33. The number of anilines is 2. The molecule has 0 radical (unpaired) electrons. The molecule has 1 N–H and O–H groups in total. The molecule has 1 aromatic heterocycles. The van der Waals surface area contributed by atoms with Crippen molar-refractivity contribution in [3.8, 4) is 0 Å². The van der Waals surface area contributed by atoms with Gasteiger partial charge in [0.15, 0.2) is 5.78 Å². The van der Waals surface area contributed by atoms with Crippen molar-refractivity contribution in [2.45, 2.75) is 32.7 Å². The summed E-state index contributed by atoms with van der Waals surface area (Å²) in [5.41, 5.74) is 1.09. The predicted molar refractivity (Wildman–Crippen MR) is 93.4 cm³/mol. The molecule has 0 aliphatic carbocycles. The lowest BCUT2D eigenvalue weighted by molar-refractivity contribution is -0.118. The Hall–Kier alpha value is -2.61. The number of para-hydroxylation sites is 1. The number of aryl methyl sites for hydroxylation is 1. The number of ketones is 1. The molecule has 1 aromatic carbocycles. The standard InChI is InChI=1S/C16H17N5O2S/c1-3-14-18-19-16(24-14)17-15(23)12-9-13(10(2)22)21(20-12)11-7-5-4-6-8-11/h4-8,13H,3,9H2,1-2H3,(H,17,19,23)/t13-/m1/s1. The number of carbonyl (C=O) groups is 2. The maximum Gasteiger partial charge on any atom is 0.273 e. The van der Waals surface area contributed by atoms with Crippen LogP contribution < -0.4 is 10.3 Å². The molecule has 0 saturated carbocycles. The molecule has 0 bridgehead atoms. The molecule has 8 heteroatoms. The molecular weight excluding hydrogens is 326 g/mol. The Bertz CT molecular complexity index is 787. The van der Waals surface area contributed by atoms with Crippen LogP contribution >= 0.6 is 11.3 Å². The van der Waals surface area contributed by atoms with Gasteiger partial charge in [-0.2, -0.15) is 5.10 Å². The number of rotatable bonds is 5. The van der Waals surface area contributed by atoms with Crippen molar-refractivity contribution in [2.24, 2.45) is 5.10 Å². The van der Waals surface area contributed by atoms with Crippen molar-refractivity contribution >= 4 is 39.6 Å². The zero-order valence-electron chi connectivity index (χ0n) is 13.4. The molecule has 1 aliphatic heterocycles. The van der Waals surface area contributed by atoms with Gasteiger partial charge in [-0.05, 0) is 25.5 Å². The maximum atomic E-state index is 12.4. The minimum Gasteiger partial charge on any atom is -0.298 e. The topological polar surface area (TPSA) is 87.6 Å². The summed E-state index contributed by atoms with van der Waals surface area (Å²) in [6, 6.07) is 8.88. The summed E-state index contributed by atoms with van der Waals surface area (Å²) >= 11 is 1.33. The highest BCUT2D eigenvalue weighted by Gasteiger charge is 2.34. The van der Waals surface area contributed by atoms with Crippen molar-refractivity contribution in [2.75, 3.05) is 10.3 Å². The van der Waals surface area contributed by atoms with E-state index < -0.39 is 6.04 Å². The van der Waals surface area contributed by atoms with E-state index in [1.807, 2.05) is 37.3 Å². The number of hydrogen-bond donors (Lipinski definition) is 1. The van der Waals surface area contributed by atoms with Crippen LogP contribution in [-0.4, -0.2) is 33.6 Å². The van der Waals surface area contributed by atoms with Gasteiger partial charge in [-0.15, -0.1) is 10.2 Å². The summed E-state index contributed by atoms with van der Waals surface area (Å²) in [7, 11) is 0. The number of Topliss-reactive ketones (excluding diaryl/α,β-unsaturated/α-hetero) is 1. The molecule has 3 rings (SSSR count). The molecule has 0 fully saturated rings. The van der Waals surface area contributed by atoms with Crippen molar-refractivity contribution in [3.05, 3.63) is 35.3 Å². The van der Waals surface area contributed by atoms with E-state index in [2.05, 4.69) is 20.6 Å². The number of hydrazone groups is 1. The van der Waals surface area contributed by atoms with Crippen molar-refractivity contribution in [3.63, 3.8) is 0 Å². The third kappa shape index (κ3) is 3.33. The summed E-state index contributed by atoms with van der Waals surface area (Å²) in [5, 5.41) is 17.9. The first kappa shape index (κ1) is 16.3. The van der Waals surface area contributed by atoms with Crippen molar-refractivity contribution in [1.82, 2.24) is 10.2 Å². The van der Waals surface area contributed by atoms with Crippen LogP contribution in [0.3, 0.4) is 0 Å². The van der Waals surface area contributed by atoms with E-state index in [1.54, 1.807) is 5.01 Å². The Morgan fingerprint density at radius 2 is 2.04 bits per heavy atom. The summed E-state index contributed by atoms with van der Waals surface area (Å²) in [4.78, 5) is 24.3. The Morgan fingerprint density at radius 1 is 1.29 bits per heavy atom. The summed E-state index contributed by atoms with van der Waals surface area (Å²) in [6.07, 6.45) is 1.04.